The molecule has 0 amide bonds. The van der Waals surface area contributed by atoms with Crippen molar-refractivity contribution in [2.24, 2.45) is 0 Å². The minimum atomic E-state index is -0.153. The number of nitrogens with zero attached hydrogens (tertiary/aromatic N) is 1. The van der Waals surface area contributed by atoms with Crippen LogP contribution < -0.4 is 15.6 Å². The molecule has 0 radical (unpaired) electrons. The lowest BCUT2D eigenvalue weighted by atomic mass is 10.1. The fraction of sp³-hybridized carbons (Fsp3) is 0.333. The summed E-state index contributed by atoms with van der Waals surface area (Å²) in [5.74, 6) is 0.765. The van der Waals surface area contributed by atoms with E-state index in [1.165, 1.54) is 0 Å². The molecule has 106 valence electrons. The maximum atomic E-state index is 11.7. The largest absolute Gasteiger partial charge is 0.497 e. The van der Waals surface area contributed by atoms with E-state index in [1.807, 2.05) is 30.3 Å². The summed E-state index contributed by atoms with van der Waals surface area (Å²) in [7, 11) is 1.62. The second-order valence-corrected chi connectivity index (χ2v) is 4.52. The summed E-state index contributed by atoms with van der Waals surface area (Å²) in [4.78, 5) is 11.7. The molecule has 1 aromatic carbocycles. The highest BCUT2D eigenvalue weighted by Gasteiger charge is 2.06. The summed E-state index contributed by atoms with van der Waals surface area (Å²) in [5, 5.41) is 9.86. The molecule has 2 aromatic rings. The number of rotatable bonds is 6. The van der Waals surface area contributed by atoms with Crippen LogP contribution in [0.2, 0.25) is 0 Å². The third kappa shape index (κ3) is 3.45. The van der Waals surface area contributed by atoms with Gasteiger partial charge in [0.05, 0.1) is 12.8 Å². The van der Waals surface area contributed by atoms with E-state index in [2.05, 4.69) is 22.4 Å². The summed E-state index contributed by atoms with van der Waals surface area (Å²) in [6, 6.07) is 9.42. The van der Waals surface area contributed by atoms with Gasteiger partial charge in [0.25, 0.3) is 5.56 Å². The Balaban J connectivity index is 2.28. The lowest BCUT2D eigenvalue weighted by Gasteiger charge is -2.06. The van der Waals surface area contributed by atoms with Crippen molar-refractivity contribution in [2.75, 3.05) is 13.7 Å². The van der Waals surface area contributed by atoms with Crippen LogP contribution in [-0.4, -0.2) is 23.9 Å². The smallest absolute Gasteiger partial charge is 0.268 e. The van der Waals surface area contributed by atoms with Gasteiger partial charge in [0, 0.05) is 17.7 Å². The van der Waals surface area contributed by atoms with Crippen LogP contribution in [0.3, 0.4) is 0 Å². The highest BCUT2D eigenvalue weighted by molar-refractivity contribution is 5.61. The van der Waals surface area contributed by atoms with Gasteiger partial charge in [0.1, 0.15) is 5.75 Å². The summed E-state index contributed by atoms with van der Waals surface area (Å²) in [6.07, 6.45) is 1.03. The van der Waals surface area contributed by atoms with Gasteiger partial charge >= 0.3 is 0 Å². The molecule has 0 bridgehead atoms. The van der Waals surface area contributed by atoms with Gasteiger partial charge in [-0.2, -0.15) is 5.10 Å². The first-order valence-corrected chi connectivity index (χ1v) is 6.68. The average Bonchev–Trinajstić information content (AvgIpc) is 2.49. The molecule has 2 N–H and O–H groups in total. The molecule has 0 saturated heterocycles. The Morgan fingerprint density at radius 3 is 2.95 bits per heavy atom. The van der Waals surface area contributed by atoms with Crippen molar-refractivity contribution >= 4 is 0 Å². The molecular weight excluding hydrogens is 254 g/mol. The van der Waals surface area contributed by atoms with E-state index in [0.29, 0.717) is 12.1 Å². The van der Waals surface area contributed by atoms with Crippen LogP contribution in [0, 0.1) is 0 Å². The van der Waals surface area contributed by atoms with E-state index in [-0.39, 0.29) is 5.56 Å². The molecule has 20 heavy (non-hydrogen) atoms. The summed E-state index contributed by atoms with van der Waals surface area (Å²) in [5.41, 5.74) is 2.18. The van der Waals surface area contributed by atoms with E-state index in [9.17, 15) is 4.79 Å². The molecule has 5 nitrogen and oxygen atoms in total. The fourth-order valence-electron chi connectivity index (χ4n) is 1.91. The Morgan fingerprint density at radius 2 is 2.20 bits per heavy atom. The first-order valence-electron chi connectivity index (χ1n) is 6.68. The predicted octanol–water partition coefficient (Wildman–Crippen LogP) is 1.95. The van der Waals surface area contributed by atoms with Crippen molar-refractivity contribution in [2.45, 2.75) is 19.9 Å². The van der Waals surface area contributed by atoms with Crippen LogP contribution in [-0.2, 0) is 6.54 Å². The first-order chi connectivity index (χ1) is 9.74. The number of aromatic amines is 1. The second kappa shape index (κ2) is 6.86. The predicted molar refractivity (Wildman–Crippen MR) is 78.8 cm³/mol. The van der Waals surface area contributed by atoms with Crippen LogP contribution in [0.5, 0.6) is 5.75 Å². The third-order valence-corrected chi connectivity index (χ3v) is 2.99. The van der Waals surface area contributed by atoms with Crippen molar-refractivity contribution in [3.05, 3.63) is 46.2 Å². The highest BCUT2D eigenvalue weighted by Crippen LogP contribution is 2.21. The van der Waals surface area contributed by atoms with Crippen LogP contribution in [0.15, 0.2) is 35.1 Å². The lowest BCUT2D eigenvalue weighted by Crippen LogP contribution is -2.22. The van der Waals surface area contributed by atoms with Crippen molar-refractivity contribution in [3.63, 3.8) is 0 Å². The number of hydrogen-bond donors (Lipinski definition) is 2. The molecule has 0 aliphatic heterocycles. The van der Waals surface area contributed by atoms with E-state index in [0.717, 1.165) is 30.0 Å². The number of ether oxygens (including phenoxy) is 1. The number of hydrogen-bond acceptors (Lipinski definition) is 4. The summed E-state index contributed by atoms with van der Waals surface area (Å²) < 4.78 is 5.20. The average molecular weight is 273 g/mol. The summed E-state index contributed by atoms with van der Waals surface area (Å²) >= 11 is 0. The molecule has 0 atom stereocenters. The SMILES string of the molecule is CCCNCc1cc(-c2cccc(OC)c2)n[nH]c1=O. The topological polar surface area (TPSA) is 67.0 Å². The molecule has 0 spiro atoms. The fourth-order valence-corrected chi connectivity index (χ4v) is 1.91. The van der Waals surface area contributed by atoms with Crippen LogP contribution >= 0.6 is 0 Å². The molecule has 1 heterocycles. The number of H-pyrrole nitrogens is 1. The minimum absolute atomic E-state index is 0.153. The molecule has 0 unspecified atom stereocenters. The normalized spacial score (nSPS) is 10.5. The number of benzene rings is 1. The second-order valence-electron chi connectivity index (χ2n) is 4.52. The van der Waals surface area contributed by atoms with Crippen molar-refractivity contribution in [3.8, 4) is 17.0 Å². The van der Waals surface area contributed by atoms with Crippen molar-refractivity contribution in [1.29, 1.82) is 0 Å². The molecule has 0 saturated carbocycles. The van der Waals surface area contributed by atoms with Crippen LogP contribution in [0.25, 0.3) is 11.3 Å². The van der Waals surface area contributed by atoms with E-state index in [1.54, 1.807) is 7.11 Å². The Morgan fingerprint density at radius 1 is 1.35 bits per heavy atom. The van der Waals surface area contributed by atoms with Crippen LogP contribution in [0.1, 0.15) is 18.9 Å². The number of methoxy groups -OCH3 is 1. The summed E-state index contributed by atoms with van der Waals surface area (Å²) in [6.45, 7) is 3.52. The van der Waals surface area contributed by atoms with Gasteiger partial charge in [-0.3, -0.25) is 4.79 Å². The molecule has 0 aliphatic carbocycles. The molecule has 0 aliphatic rings. The molecular formula is C15H19N3O2. The zero-order valence-electron chi connectivity index (χ0n) is 11.8. The molecule has 2 rings (SSSR count). The number of nitrogens with one attached hydrogen (secondary N) is 2. The van der Waals surface area contributed by atoms with Gasteiger partial charge in [0.2, 0.25) is 0 Å². The molecule has 0 fully saturated rings. The standard InChI is InChI=1S/C15H19N3O2/c1-3-7-16-10-12-9-14(17-18-15(12)19)11-5-4-6-13(8-11)20-2/h4-6,8-9,16H,3,7,10H2,1-2H3,(H,18,19). The quantitative estimate of drug-likeness (QED) is 0.789. The van der Waals surface area contributed by atoms with Crippen molar-refractivity contribution < 1.29 is 4.74 Å². The van der Waals surface area contributed by atoms with Crippen molar-refractivity contribution in [1.82, 2.24) is 15.5 Å². The minimum Gasteiger partial charge on any atom is -0.497 e. The highest BCUT2D eigenvalue weighted by atomic mass is 16.5. The maximum absolute atomic E-state index is 11.7. The zero-order valence-corrected chi connectivity index (χ0v) is 11.8. The van der Waals surface area contributed by atoms with Crippen LogP contribution in [0.4, 0.5) is 0 Å². The first kappa shape index (κ1) is 14.3. The van der Waals surface area contributed by atoms with Gasteiger partial charge in [0.15, 0.2) is 0 Å². The maximum Gasteiger partial charge on any atom is 0.268 e. The Kier molecular flexibility index (Phi) is 4.90. The monoisotopic (exact) mass is 273 g/mol. The lowest BCUT2D eigenvalue weighted by molar-refractivity contribution is 0.415. The molecule has 1 aromatic heterocycles. The van der Waals surface area contributed by atoms with Gasteiger partial charge in [-0.1, -0.05) is 19.1 Å². The third-order valence-electron chi connectivity index (χ3n) is 2.99. The Bertz CT molecular complexity index is 623. The Hall–Kier alpha value is -2.14. The van der Waals surface area contributed by atoms with Gasteiger partial charge < -0.3 is 10.1 Å². The van der Waals surface area contributed by atoms with Gasteiger partial charge in [-0.05, 0) is 31.2 Å². The van der Waals surface area contributed by atoms with Gasteiger partial charge in [-0.15, -0.1) is 0 Å². The van der Waals surface area contributed by atoms with E-state index < -0.39 is 0 Å². The number of aromatic nitrogens is 2. The Labute approximate surface area is 118 Å². The molecule has 5 heteroatoms. The van der Waals surface area contributed by atoms with Gasteiger partial charge in [-0.25, -0.2) is 5.10 Å². The van der Waals surface area contributed by atoms with E-state index in [4.69, 9.17) is 4.74 Å². The van der Waals surface area contributed by atoms with E-state index >= 15 is 0 Å². The zero-order chi connectivity index (χ0) is 14.4.